The number of carbonyl (C=O) groups is 2. The molecule has 2 rings (SSSR count). The van der Waals surface area contributed by atoms with Crippen LogP contribution in [0, 0.1) is 6.92 Å². The van der Waals surface area contributed by atoms with Crippen LogP contribution in [0.1, 0.15) is 40.1 Å². The van der Waals surface area contributed by atoms with E-state index in [-0.39, 0.29) is 11.8 Å². The van der Waals surface area contributed by atoms with E-state index < -0.39 is 0 Å². The number of rotatable bonds is 6. The van der Waals surface area contributed by atoms with Gasteiger partial charge in [0, 0.05) is 17.8 Å². The molecule has 0 heterocycles. The first-order chi connectivity index (χ1) is 11.6. The van der Waals surface area contributed by atoms with Crippen LogP contribution in [0.5, 0.6) is 5.75 Å². The first-order valence-corrected chi connectivity index (χ1v) is 7.98. The zero-order valence-corrected chi connectivity index (χ0v) is 14.2. The average Bonchev–Trinajstić information content (AvgIpc) is 2.57. The smallest absolute Gasteiger partial charge is 0.259 e. The van der Waals surface area contributed by atoms with Gasteiger partial charge in [-0.05, 0) is 50.6 Å². The number of aryl methyl sites for hydroxylation is 1. The molecule has 0 atom stereocenters. The minimum atomic E-state index is -0.268. The van der Waals surface area contributed by atoms with Crippen LogP contribution in [-0.2, 0) is 0 Å². The number of carbonyl (C=O) groups excluding carboxylic acids is 2. The Labute approximate surface area is 142 Å². The van der Waals surface area contributed by atoms with Gasteiger partial charge in [-0.2, -0.15) is 0 Å². The summed E-state index contributed by atoms with van der Waals surface area (Å²) in [6.45, 7) is 6.64. The Morgan fingerprint density at radius 1 is 1.04 bits per heavy atom. The largest absolute Gasteiger partial charge is 0.493 e. The average molecular weight is 326 g/mol. The van der Waals surface area contributed by atoms with Crippen molar-refractivity contribution in [2.75, 3.05) is 18.5 Å². The number of amides is 2. The monoisotopic (exact) mass is 326 g/mol. The van der Waals surface area contributed by atoms with Gasteiger partial charge >= 0.3 is 0 Å². The van der Waals surface area contributed by atoms with Gasteiger partial charge in [-0.15, -0.1) is 0 Å². The van der Waals surface area contributed by atoms with Gasteiger partial charge < -0.3 is 15.4 Å². The van der Waals surface area contributed by atoms with Crippen LogP contribution in [-0.4, -0.2) is 25.0 Å². The Hall–Kier alpha value is -2.82. The van der Waals surface area contributed by atoms with Crippen molar-refractivity contribution in [3.63, 3.8) is 0 Å². The summed E-state index contributed by atoms with van der Waals surface area (Å²) in [6, 6.07) is 12.3. The van der Waals surface area contributed by atoms with Crippen molar-refractivity contribution in [2.24, 2.45) is 0 Å². The van der Waals surface area contributed by atoms with Crippen LogP contribution in [0.2, 0.25) is 0 Å². The van der Waals surface area contributed by atoms with Crippen LogP contribution in [0.3, 0.4) is 0 Å². The van der Waals surface area contributed by atoms with Crippen LogP contribution in [0.15, 0.2) is 42.5 Å². The second kappa shape index (κ2) is 8.15. The highest BCUT2D eigenvalue weighted by atomic mass is 16.5. The molecular weight excluding hydrogens is 304 g/mol. The van der Waals surface area contributed by atoms with Crippen LogP contribution in [0.25, 0.3) is 0 Å². The second-order valence-corrected chi connectivity index (χ2v) is 5.27. The maximum absolute atomic E-state index is 12.6. The molecule has 0 radical (unpaired) electrons. The van der Waals surface area contributed by atoms with Crippen LogP contribution in [0.4, 0.5) is 5.69 Å². The van der Waals surface area contributed by atoms with E-state index in [0.717, 1.165) is 5.56 Å². The van der Waals surface area contributed by atoms with Crippen molar-refractivity contribution >= 4 is 17.5 Å². The van der Waals surface area contributed by atoms with Gasteiger partial charge in [0.1, 0.15) is 5.75 Å². The third kappa shape index (κ3) is 4.13. The van der Waals surface area contributed by atoms with E-state index in [1.807, 2.05) is 32.9 Å². The molecule has 2 aromatic rings. The molecule has 5 nitrogen and oxygen atoms in total. The maximum Gasteiger partial charge on any atom is 0.259 e. The molecule has 0 unspecified atom stereocenters. The van der Waals surface area contributed by atoms with Crippen molar-refractivity contribution in [3.05, 3.63) is 59.2 Å². The predicted octanol–water partition coefficient (Wildman–Crippen LogP) is 3.40. The normalized spacial score (nSPS) is 10.1. The van der Waals surface area contributed by atoms with E-state index in [9.17, 15) is 9.59 Å². The van der Waals surface area contributed by atoms with E-state index in [2.05, 4.69) is 10.6 Å². The Kier molecular flexibility index (Phi) is 5.95. The summed E-state index contributed by atoms with van der Waals surface area (Å²) in [5.74, 6) is 0.105. The van der Waals surface area contributed by atoms with Gasteiger partial charge in [-0.3, -0.25) is 9.59 Å². The molecule has 0 saturated heterocycles. The minimum Gasteiger partial charge on any atom is -0.493 e. The van der Waals surface area contributed by atoms with Crippen molar-refractivity contribution in [1.82, 2.24) is 5.32 Å². The first kappa shape index (κ1) is 17.5. The molecule has 0 aromatic heterocycles. The van der Waals surface area contributed by atoms with Gasteiger partial charge in [-0.1, -0.05) is 18.2 Å². The zero-order chi connectivity index (χ0) is 17.5. The molecule has 0 aliphatic rings. The summed E-state index contributed by atoms with van der Waals surface area (Å²) < 4.78 is 5.50. The molecule has 2 amide bonds. The molecule has 0 saturated carbocycles. The fraction of sp³-hybridized carbons (Fsp3) is 0.263. The first-order valence-electron chi connectivity index (χ1n) is 7.98. The van der Waals surface area contributed by atoms with Crippen molar-refractivity contribution in [2.45, 2.75) is 20.8 Å². The molecule has 2 aromatic carbocycles. The van der Waals surface area contributed by atoms with Crippen molar-refractivity contribution in [1.29, 1.82) is 0 Å². The standard InChI is InChI=1S/C19H22N2O3/c1-4-20-18(22)14-11-10-13(3)16(12-14)21-19(23)15-8-6-7-9-17(15)24-5-2/h6-12H,4-5H2,1-3H3,(H,20,22)(H,21,23). The van der Waals surface area contributed by atoms with Gasteiger partial charge in [0.15, 0.2) is 0 Å². The Bertz CT molecular complexity index is 741. The van der Waals surface area contributed by atoms with E-state index in [1.54, 1.807) is 30.3 Å². The fourth-order valence-corrected chi connectivity index (χ4v) is 2.29. The molecular formula is C19H22N2O3. The molecule has 0 bridgehead atoms. The minimum absolute atomic E-state index is 0.164. The third-order valence-corrected chi connectivity index (χ3v) is 3.52. The quantitative estimate of drug-likeness (QED) is 0.855. The van der Waals surface area contributed by atoms with Gasteiger partial charge in [-0.25, -0.2) is 0 Å². The molecule has 0 aliphatic carbocycles. The van der Waals surface area contributed by atoms with Gasteiger partial charge in [0.05, 0.1) is 12.2 Å². The Morgan fingerprint density at radius 3 is 2.50 bits per heavy atom. The lowest BCUT2D eigenvalue weighted by Gasteiger charge is -2.13. The molecule has 24 heavy (non-hydrogen) atoms. The molecule has 126 valence electrons. The van der Waals surface area contributed by atoms with Crippen molar-refractivity contribution in [3.8, 4) is 5.75 Å². The maximum atomic E-state index is 12.6. The van der Waals surface area contributed by atoms with Crippen molar-refractivity contribution < 1.29 is 14.3 Å². The zero-order valence-electron chi connectivity index (χ0n) is 14.2. The SMILES string of the molecule is CCNC(=O)c1ccc(C)c(NC(=O)c2ccccc2OCC)c1. The second-order valence-electron chi connectivity index (χ2n) is 5.27. The molecule has 0 spiro atoms. The molecule has 2 N–H and O–H groups in total. The van der Waals surface area contributed by atoms with Gasteiger partial charge in [0.25, 0.3) is 11.8 Å². The summed E-state index contributed by atoms with van der Waals surface area (Å²) in [5, 5.41) is 5.61. The Morgan fingerprint density at radius 2 is 1.79 bits per heavy atom. The van der Waals surface area contributed by atoms with E-state index in [1.165, 1.54) is 0 Å². The number of anilines is 1. The number of para-hydroxylation sites is 1. The van der Waals surface area contributed by atoms with Crippen LogP contribution < -0.4 is 15.4 Å². The van der Waals surface area contributed by atoms with Crippen LogP contribution >= 0.6 is 0 Å². The lowest BCUT2D eigenvalue weighted by Crippen LogP contribution is -2.23. The van der Waals surface area contributed by atoms with E-state index >= 15 is 0 Å². The molecule has 0 aliphatic heterocycles. The van der Waals surface area contributed by atoms with E-state index in [4.69, 9.17) is 4.74 Å². The van der Waals surface area contributed by atoms with Gasteiger partial charge in [0.2, 0.25) is 0 Å². The summed E-state index contributed by atoms with van der Waals surface area (Å²) in [4.78, 5) is 24.5. The number of benzene rings is 2. The summed E-state index contributed by atoms with van der Waals surface area (Å²) >= 11 is 0. The topological polar surface area (TPSA) is 67.4 Å². The third-order valence-electron chi connectivity index (χ3n) is 3.52. The highest BCUT2D eigenvalue weighted by molar-refractivity contribution is 6.07. The summed E-state index contributed by atoms with van der Waals surface area (Å²) in [5.41, 5.74) is 2.46. The lowest BCUT2D eigenvalue weighted by atomic mass is 10.1. The predicted molar refractivity (Wildman–Crippen MR) is 94.8 cm³/mol. The molecule has 5 heteroatoms. The summed E-state index contributed by atoms with van der Waals surface area (Å²) in [6.07, 6.45) is 0. The van der Waals surface area contributed by atoms with E-state index in [0.29, 0.717) is 35.7 Å². The number of hydrogen-bond acceptors (Lipinski definition) is 3. The number of hydrogen-bond donors (Lipinski definition) is 2. The molecule has 0 fully saturated rings. The fourth-order valence-electron chi connectivity index (χ4n) is 2.29. The number of nitrogens with one attached hydrogen (secondary N) is 2. The summed E-state index contributed by atoms with van der Waals surface area (Å²) in [7, 11) is 0. The Balaban J connectivity index is 2.26. The highest BCUT2D eigenvalue weighted by Gasteiger charge is 2.14. The highest BCUT2D eigenvalue weighted by Crippen LogP contribution is 2.22. The number of ether oxygens (including phenoxy) is 1. The lowest BCUT2D eigenvalue weighted by molar-refractivity contribution is 0.0954.